The molecule has 0 saturated carbocycles. The first-order valence-corrected chi connectivity index (χ1v) is 7.92. The Bertz CT molecular complexity index is 487. The van der Waals surface area contributed by atoms with Crippen LogP contribution in [0, 0.1) is 17.2 Å². The van der Waals surface area contributed by atoms with Crippen LogP contribution in [0.1, 0.15) is 19.4 Å². The Kier molecular flexibility index (Phi) is 5.08. The average molecular weight is 288 g/mol. The Balaban J connectivity index is 2.04. The molecule has 4 heteroatoms. The lowest BCUT2D eigenvalue weighted by molar-refractivity contribution is -0.133. The molecule has 3 unspecified atom stereocenters. The van der Waals surface area contributed by atoms with E-state index in [4.69, 9.17) is 0 Å². The predicted molar refractivity (Wildman–Crippen MR) is 82.3 cm³/mol. The summed E-state index contributed by atoms with van der Waals surface area (Å²) in [6.07, 6.45) is 0.503. The molecule has 0 aliphatic carbocycles. The van der Waals surface area contributed by atoms with Crippen molar-refractivity contribution in [3.05, 3.63) is 35.9 Å². The monoisotopic (exact) mass is 288 g/mol. The van der Waals surface area contributed by atoms with Crippen molar-refractivity contribution in [2.75, 3.05) is 13.1 Å². The average Bonchev–Trinajstić information content (AvgIpc) is 2.44. The predicted octanol–water partition coefficient (Wildman–Crippen LogP) is 2.72. The number of nitrogens with zero attached hydrogens (tertiary/aromatic N) is 2. The molecule has 2 rings (SSSR count). The number of thioether (sulfide) groups is 1. The highest BCUT2D eigenvalue weighted by Crippen LogP contribution is 2.26. The van der Waals surface area contributed by atoms with Crippen molar-refractivity contribution < 1.29 is 4.79 Å². The Labute approximate surface area is 125 Å². The van der Waals surface area contributed by atoms with Gasteiger partial charge in [0.25, 0.3) is 0 Å². The molecule has 0 spiro atoms. The van der Waals surface area contributed by atoms with Crippen LogP contribution in [-0.2, 0) is 11.2 Å². The van der Waals surface area contributed by atoms with Gasteiger partial charge in [-0.2, -0.15) is 17.0 Å². The third-order valence-electron chi connectivity index (χ3n) is 3.47. The number of benzene rings is 1. The topological polar surface area (TPSA) is 44.1 Å². The van der Waals surface area contributed by atoms with Crippen LogP contribution in [0.15, 0.2) is 30.3 Å². The lowest BCUT2D eigenvalue weighted by Crippen LogP contribution is -2.46. The smallest absolute Gasteiger partial charge is 0.240 e. The van der Waals surface area contributed by atoms with Crippen molar-refractivity contribution in [3.63, 3.8) is 0 Å². The van der Waals surface area contributed by atoms with Gasteiger partial charge >= 0.3 is 0 Å². The maximum absolute atomic E-state index is 12.5. The molecule has 0 radical (unpaired) electrons. The van der Waals surface area contributed by atoms with Gasteiger partial charge in [-0.1, -0.05) is 44.2 Å². The fourth-order valence-corrected chi connectivity index (χ4v) is 3.94. The van der Waals surface area contributed by atoms with Crippen LogP contribution in [0.4, 0.5) is 0 Å². The van der Waals surface area contributed by atoms with Crippen molar-refractivity contribution >= 4 is 17.7 Å². The molecule has 20 heavy (non-hydrogen) atoms. The van der Waals surface area contributed by atoms with Crippen LogP contribution < -0.4 is 0 Å². The van der Waals surface area contributed by atoms with E-state index in [0.29, 0.717) is 16.9 Å². The first-order valence-electron chi connectivity index (χ1n) is 6.98. The van der Waals surface area contributed by atoms with Gasteiger partial charge in [-0.05, 0) is 12.0 Å². The molecule has 3 atom stereocenters. The zero-order valence-electron chi connectivity index (χ0n) is 12.0. The molecule has 1 aliphatic rings. The van der Waals surface area contributed by atoms with Gasteiger partial charge in [0.15, 0.2) is 0 Å². The SMILES string of the molecule is CC1CN(C(=O)C(C#N)Cc2ccccc2)CC(C)S1. The van der Waals surface area contributed by atoms with E-state index in [-0.39, 0.29) is 5.91 Å². The molecule has 106 valence electrons. The van der Waals surface area contributed by atoms with Gasteiger partial charge in [0.05, 0.1) is 6.07 Å². The number of carbonyl (C=O) groups excluding carboxylic acids is 1. The number of carbonyl (C=O) groups is 1. The Morgan fingerprint density at radius 3 is 2.50 bits per heavy atom. The van der Waals surface area contributed by atoms with E-state index in [2.05, 4.69) is 19.9 Å². The van der Waals surface area contributed by atoms with Gasteiger partial charge < -0.3 is 4.90 Å². The zero-order chi connectivity index (χ0) is 14.5. The van der Waals surface area contributed by atoms with Gasteiger partial charge in [-0.25, -0.2) is 0 Å². The van der Waals surface area contributed by atoms with Crippen LogP contribution >= 0.6 is 11.8 Å². The fraction of sp³-hybridized carbons (Fsp3) is 0.500. The first-order chi connectivity index (χ1) is 9.60. The van der Waals surface area contributed by atoms with E-state index >= 15 is 0 Å². The third-order valence-corrected chi connectivity index (χ3v) is 4.70. The number of hydrogen-bond acceptors (Lipinski definition) is 3. The molecule has 1 heterocycles. The minimum atomic E-state index is -0.570. The Hall–Kier alpha value is -1.47. The van der Waals surface area contributed by atoms with Crippen molar-refractivity contribution in [1.29, 1.82) is 5.26 Å². The van der Waals surface area contributed by atoms with E-state index in [9.17, 15) is 10.1 Å². The maximum atomic E-state index is 12.5. The third kappa shape index (κ3) is 3.77. The lowest BCUT2D eigenvalue weighted by atomic mass is 9.99. The summed E-state index contributed by atoms with van der Waals surface area (Å²) >= 11 is 1.91. The van der Waals surface area contributed by atoms with Crippen LogP contribution in [0.25, 0.3) is 0 Å². The standard InChI is InChI=1S/C16H20N2OS/c1-12-10-18(11-13(2)20-12)16(19)15(9-17)8-14-6-4-3-5-7-14/h3-7,12-13,15H,8,10-11H2,1-2H3. The summed E-state index contributed by atoms with van der Waals surface area (Å²) in [4.78, 5) is 14.4. The highest BCUT2D eigenvalue weighted by Gasteiger charge is 2.30. The molecule has 1 amide bonds. The lowest BCUT2D eigenvalue weighted by Gasteiger charge is -2.35. The molecular weight excluding hydrogens is 268 g/mol. The Morgan fingerprint density at radius 1 is 1.35 bits per heavy atom. The van der Waals surface area contributed by atoms with Crippen LogP contribution in [-0.4, -0.2) is 34.4 Å². The summed E-state index contributed by atoms with van der Waals surface area (Å²) in [5.41, 5.74) is 1.04. The van der Waals surface area contributed by atoms with Crippen LogP contribution in [0.3, 0.4) is 0 Å². The van der Waals surface area contributed by atoms with Crippen LogP contribution in [0.2, 0.25) is 0 Å². The summed E-state index contributed by atoms with van der Waals surface area (Å²) < 4.78 is 0. The highest BCUT2D eigenvalue weighted by atomic mass is 32.2. The second kappa shape index (κ2) is 6.81. The van der Waals surface area contributed by atoms with Crippen molar-refractivity contribution in [1.82, 2.24) is 4.90 Å². The van der Waals surface area contributed by atoms with E-state index in [1.807, 2.05) is 47.0 Å². The van der Waals surface area contributed by atoms with E-state index in [1.54, 1.807) is 0 Å². The maximum Gasteiger partial charge on any atom is 0.240 e. The van der Waals surface area contributed by atoms with Crippen molar-refractivity contribution in [2.24, 2.45) is 5.92 Å². The second-order valence-corrected chi connectivity index (χ2v) is 7.25. The zero-order valence-corrected chi connectivity index (χ0v) is 12.8. The van der Waals surface area contributed by atoms with Crippen molar-refractivity contribution in [2.45, 2.75) is 30.8 Å². The molecule has 0 bridgehead atoms. The Morgan fingerprint density at radius 2 is 1.95 bits per heavy atom. The molecule has 1 saturated heterocycles. The summed E-state index contributed by atoms with van der Waals surface area (Å²) in [5.74, 6) is -0.588. The van der Waals surface area contributed by atoms with Gasteiger partial charge in [-0.3, -0.25) is 4.79 Å². The van der Waals surface area contributed by atoms with E-state index in [1.165, 1.54) is 0 Å². The van der Waals surface area contributed by atoms with Gasteiger partial charge in [-0.15, -0.1) is 0 Å². The largest absolute Gasteiger partial charge is 0.339 e. The summed E-state index contributed by atoms with van der Waals surface area (Å²) in [5, 5.41) is 10.2. The molecule has 1 aromatic carbocycles. The molecule has 3 nitrogen and oxygen atoms in total. The minimum Gasteiger partial charge on any atom is -0.339 e. The van der Waals surface area contributed by atoms with Gasteiger partial charge in [0, 0.05) is 23.6 Å². The summed E-state index contributed by atoms with van der Waals surface area (Å²) in [7, 11) is 0. The number of rotatable bonds is 3. The molecule has 1 aliphatic heterocycles. The molecule has 1 aromatic rings. The second-order valence-electron chi connectivity index (χ2n) is 5.37. The van der Waals surface area contributed by atoms with Gasteiger partial charge in [0.2, 0.25) is 5.91 Å². The fourth-order valence-electron chi connectivity index (χ4n) is 2.62. The summed E-state index contributed by atoms with van der Waals surface area (Å²) in [6, 6.07) is 11.9. The number of hydrogen-bond donors (Lipinski definition) is 0. The van der Waals surface area contributed by atoms with E-state index in [0.717, 1.165) is 18.7 Å². The molecule has 0 N–H and O–H groups in total. The summed E-state index contributed by atoms with van der Waals surface area (Å²) in [6.45, 7) is 5.78. The molecule has 0 aromatic heterocycles. The number of nitriles is 1. The van der Waals surface area contributed by atoms with Crippen LogP contribution in [0.5, 0.6) is 0 Å². The molecule has 1 fully saturated rings. The quantitative estimate of drug-likeness (QED) is 0.859. The highest BCUT2D eigenvalue weighted by molar-refractivity contribution is 8.00. The normalized spacial score (nSPS) is 23.9. The van der Waals surface area contributed by atoms with E-state index < -0.39 is 5.92 Å². The minimum absolute atomic E-state index is 0.0182. The first kappa shape index (κ1) is 14.9. The molecular formula is C16H20N2OS. The number of amides is 1. The van der Waals surface area contributed by atoms with Crippen molar-refractivity contribution in [3.8, 4) is 6.07 Å². The van der Waals surface area contributed by atoms with Gasteiger partial charge in [0.1, 0.15) is 5.92 Å².